The molecule has 2 aromatic rings. The monoisotopic (exact) mass is 433 g/mol. The summed E-state index contributed by atoms with van der Waals surface area (Å²) in [5.74, 6) is 0.300. The normalized spacial score (nSPS) is 15.4. The Labute approximate surface area is 176 Å². The number of benzene rings is 1. The van der Waals surface area contributed by atoms with Gasteiger partial charge in [0.15, 0.2) is 0 Å². The van der Waals surface area contributed by atoms with E-state index in [0.29, 0.717) is 18.8 Å². The second-order valence-corrected chi connectivity index (χ2v) is 9.16. The number of methoxy groups -OCH3 is 1. The minimum atomic E-state index is -3.88. The predicted octanol–water partition coefficient (Wildman–Crippen LogP) is 1.74. The van der Waals surface area contributed by atoms with Crippen molar-refractivity contribution in [3.05, 3.63) is 58.5 Å². The van der Waals surface area contributed by atoms with Crippen molar-refractivity contribution in [3.8, 4) is 5.75 Å². The minimum absolute atomic E-state index is 0.258. The number of hydrogen-bond acceptors (Lipinski definition) is 5. The number of ether oxygens (including phenoxy) is 1. The molecule has 0 spiro atoms. The van der Waals surface area contributed by atoms with Crippen LogP contribution in [0, 0.1) is 0 Å². The van der Waals surface area contributed by atoms with E-state index < -0.39 is 15.6 Å². The van der Waals surface area contributed by atoms with Crippen molar-refractivity contribution in [2.75, 3.05) is 20.2 Å². The molecule has 162 valence electrons. The van der Waals surface area contributed by atoms with Crippen molar-refractivity contribution in [2.45, 2.75) is 43.7 Å². The molecular weight excluding hydrogens is 406 g/mol. The van der Waals surface area contributed by atoms with Gasteiger partial charge in [0.2, 0.25) is 15.9 Å². The first-order chi connectivity index (χ1) is 14.4. The molecule has 2 heterocycles. The van der Waals surface area contributed by atoms with Crippen LogP contribution in [0.5, 0.6) is 5.75 Å². The van der Waals surface area contributed by atoms with Crippen LogP contribution in [-0.2, 0) is 27.9 Å². The van der Waals surface area contributed by atoms with Gasteiger partial charge in [0.05, 0.1) is 7.11 Å². The molecule has 1 N–H and O–H groups in total. The quantitative estimate of drug-likeness (QED) is 0.717. The van der Waals surface area contributed by atoms with Crippen molar-refractivity contribution in [1.82, 2.24) is 14.2 Å². The van der Waals surface area contributed by atoms with E-state index in [1.807, 2.05) is 12.1 Å². The van der Waals surface area contributed by atoms with Crippen molar-refractivity contribution in [1.29, 1.82) is 0 Å². The number of hydrogen-bond donors (Lipinski definition) is 1. The second-order valence-electron chi connectivity index (χ2n) is 7.25. The molecule has 0 bridgehead atoms. The molecule has 0 saturated carbocycles. The van der Waals surface area contributed by atoms with E-state index in [0.717, 1.165) is 35.8 Å². The molecule has 1 aliphatic rings. The number of amides is 1. The van der Waals surface area contributed by atoms with E-state index in [1.54, 1.807) is 19.2 Å². The molecule has 3 rings (SSSR count). The van der Waals surface area contributed by atoms with Crippen molar-refractivity contribution in [2.24, 2.45) is 0 Å². The lowest BCUT2D eigenvalue weighted by Gasteiger charge is -2.20. The van der Waals surface area contributed by atoms with Gasteiger partial charge in [-0.05, 0) is 42.7 Å². The zero-order chi connectivity index (χ0) is 21.6. The van der Waals surface area contributed by atoms with Gasteiger partial charge in [0.1, 0.15) is 17.2 Å². The highest BCUT2D eigenvalue weighted by molar-refractivity contribution is 7.89. The van der Waals surface area contributed by atoms with Crippen LogP contribution in [0.3, 0.4) is 0 Å². The third kappa shape index (κ3) is 5.28. The van der Waals surface area contributed by atoms with Crippen LogP contribution >= 0.6 is 0 Å². The Morgan fingerprint density at radius 3 is 2.53 bits per heavy atom. The summed E-state index contributed by atoms with van der Waals surface area (Å²) in [6.07, 6.45) is 4.96. The lowest BCUT2D eigenvalue weighted by atomic mass is 10.2. The summed E-state index contributed by atoms with van der Waals surface area (Å²) < 4.78 is 33.6. The van der Waals surface area contributed by atoms with Gasteiger partial charge in [-0.15, -0.1) is 0 Å². The van der Waals surface area contributed by atoms with Gasteiger partial charge in [0, 0.05) is 25.8 Å². The van der Waals surface area contributed by atoms with Gasteiger partial charge >= 0.3 is 0 Å². The van der Waals surface area contributed by atoms with Gasteiger partial charge in [-0.2, -0.15) is 4.31 Å². The van der Waals surface area contributed by atoms with Gasteiger partial charge in [-0.1, -0.05) is 25.0 Å². The van der Waals surface area contributed by atoms with E-state index in [9.17, 15) is 18.0 Å². The van der Waals surface area contributed by atoms with E-state index in [4.69, 9.17) is 4.74 Å². The zero-order valence-corrected chi connectivity index (χ0v) is 17.9. The number of sulfonamides is 1. The summed E-state index contributed by atoms with van der Waals surface area (Å²) in [5, 5.41) is 2.74. The third-order valence-corrected chi connectivity index (χ3v) is 7.02. The average molecular weight is 434 g/mol. The van der Waals surface area contributed by atoms with Gasteiger partial charge in [-0.25, -0.2) is 8.42 Å². The molecule has 1 aromatic heterocycles. The molecule has 0 atom stereocenters. The smallest absolute Gasteiger partial charge is 0.271 e. The largest absolute Gasteiger partial charge is 0.497 e. The fourth-order valence-electron chi connectivity index (χ4n) is 3.45. The highest BCUT2D eigenvalue weighted by atomic mass is 32.2. The van der Waals surface area contributed by atoms with Crippen LogP contribution < -0.4 is 15.6 Å². The number of pyridine rings is 1. The fraction of sp³-hybridized carbons (Fsp3) is 0.429. The Bertz CT molecular complexity index is 1040. The van der Waals surface area contributed by atoms with E-state index in [1.165, 1.54) is 22.6 Å². The SMILES string of the molecule is COc1cccc(CNC(=O)Cn2cccc(S(=O)(=O)N3CCCCCC3)c2=O)c1. The highest BCUT2D eigenvalue weighted by Crippen LogP contribution is 2.18. The number of carbonyl (C=O) groups excluding carboxylic acids is 1. The van der Waals surface area contributed by atoms with Gasteiger partial charge in [-0.3, -0.25) is 9.59 Å². The standard InChI is InChI=1S/C21H27N3O5S/c1-29-18-9-6-8-17(14-18)15-22-20(25)16-23-11-7-10-19(21(23)26)30(27,28)24-12-4-2-3-5-13-24/h6-11,14H,2-5,12-13,15-16H2,1H3,(H,22,25). The van der Waals surface area contributed by atoms with E-state index >= 15 is 0 Å². The Kier molecular flexibility index (Phi) is 7.28. The lowest BCUT2D eigenvalue weighted by molar-refractivity contribution is -0.121. The first-order valence-corrected chi connectivity index (χ1v) is 11.4. The molecular formula is C21H27N3O5S. The third-order valence-electron chi connectivity index (χ3n) is 5.11. The molecule has 8 nitrogen and oxygen atoms in total. The highest BCUT2D eigenvalue weighted by Gasteiger charge is 2.28. The second kappa shape index (κ2) is 9.90. The fourth-order valence-corrected chi connectivity index (χ4v) is 5.06. The van der Waals surface area contributed by atoms with Crippen molar-refractivity contribution in [3.63, 3.8) is 0 Å². The summed E-state index contributed by atoms with van der Waals surface area (Å²) in [7, 11) is -2.32. The molecule has 0 radical (unpaired) electrons. The molecule has 1 fully saturated rings. The first kappa shape index (κ1) is 22.0. The summed E-state index contributed by atoms with van der Waals surface area (Å²) >= 11 is 0. The van der Waals surface area contributed by atoms with Crippen LogP contribution in [0.4, 0.5) is 0 Å². The molecule has 0 aliphatic carbocycles. The number of aromatic nitrogens is 1. The molecule has 1 saturated heterocycles. The average Bonchev–Trinajstić information content (AvgIpc) is 3.04. The Morgan fingerprint density at radius 2 is 1.83 bits per heavy atom. The maximum Gasteiger partial charge on any atom is 0.271 e. The van der Waals surface area contributed by atoms with Crippen LogP contribution in [0.1, 0.15) is 31.2 Å². The zero-order valence-electron chi connectivity index (χ0n) is 17.0. The summed E-state index contributed by atoms with van der Waals surface area (Å²) in [6, 6.07) is 10.1. The topological polar surface area (TPSA) is 97.7 Å². The molecule has 1 aromatic carbocycles. The van der Waals surface area contributed by atoms with Crippen LogP contribution in [0.15, 0.2) is 52.3 Å². The van der Waals surface area contributed by atoms with Gasteiger partial charge in [0.25, 0.3) is 5.56 Å². The van der Waals surface area contributed by atoms with Crippen molar-refractivity contribution >= 4 is 15.9 Å². The maximum absolute atomic E-state index is 13.0. The minimum Gasteiger partial charge on any atom is -0.497 e. The van der Waals surface area contributed by atoms with Crippen LogP contribution in [0.2, 0.25) is 0 Å². The Balaban J connectivity index is 1.71. The summed E-state index contributed by atoms with van der Waals surface area (Å²) in [6.45, 7) is 0.845. The first-order valence-electron chi connectivity index (χ1n) is 10.0. The van der Waals surface area contributed by atoms with Crippen molar-refractivity contribution < 1.29 is 17.9 Å². The summed E-state index contributed by atoms with van der Waals surface area (Å²) in [4.78, 5) is 24.9. The lowest BCUT2D eigenvalue weighted by Crippen LogP contribution is -2.38. The number of rotatable bonds is 7. The molecule has 30 heavy (non-hydrogen) atoms. The Hall–Kier alpha value is -2.65. The maximum atomic E-state index is 13.0. The number of nitrogens with zero attached hydrogens (tertiary/aromatic N) is 2. The molecule has 9 heteroatoms. The molecule has 1 aliphatic heterocycles. The van der Waals surface area contributed by atoms with E-state index in [-0.39, 0.29) is 23.9 Å². The van der Waals surface area contributed by atoms with E-state index in [2.05, 4.69) is 5.32 Å². The molecule has 0 unspecified atom stereocenters. The van der Waals surface area contributed by atoms with Gasteiger partial charge < -0.3 is 14.6 Å². The predicted molar refractivity (Wildman–Crippen MR) is 113 cm³/mol. The molecule has 1 amide bonds. The summed E-state index contributed by atoms with van der Waals surface area (Å²) in [5.41, 5.74) is 0.172. The number of nitrogens with one attached hydrogen (secondary N) is 1. The number of carbonyl (C=O) groups is 1. The Morgan fingerprint density at radius 1 is 1.10 bits per heavy atom. The van der Waals surface area contributed by atoms with Crippen LogP contribution in [0.25, 0.3) is 0 Å². The van der Waals surface area contributed by atoms with Crippen LogP contribution in [-0.4, -0.2) is 43.4 Å².